The summed E-state index contributed by atoms with van der Waals surface area (Å²) in [6.45, 7) is 4.19. The molecule has 44 heavy (non-hydrogen) atoms. The molecule has 2 N–H and O–H groups in total. The molecule has 5 aromatic rings. The predicted octanol–water partition coefficient (Wildman–Crippen LogP) is 11.2. The van der Waals surface area contributed by atoms with E-state index in [4.69, 9.17) is 4.99 Å². The van der Waals surface area contributed by atoms with Crippen molar-refractivity contribution in [1.29, 1.82) is 0 Å². The summed E-state index contributed by atoms with van der Waals surface area (Å²) in [4.78, 5) is 4.72. The van der Waals surface area contributed by atoms with Gasteiger partial charge in [-0.25, -0.2) is 4.99 Å². The fraction of sp³-hybridized carbons (Fsp3) is 0.0488. The van der Waals surface area contributed by atoms with Gasteiger partial charge in [-0.3, -0.25) is 0 Å². The minimum atomic E-state index is 0.952. The lowest BCUT2D eigenvalue weighted by Gasteiger charge is -2.09. The zero-order valence-electron chi connectivity index (χ0n) is 25.0. The number of aryl methyl sites for hydroxylation is 2. The molecule has 0 amide bonds. The van der Waals surface area contributed by atoms with Crippen LogP contribution in [0.25, 0.3) is 18.2 Å². The third-order valence-electron chi connectivity index (χ3n) is 7.26. The quantitative estimate of drug-likeness (QED) is 0.182. The van der Waals surface area contributed by atoms with Gasteiger partial charge in [-0.1, -0.05) is 85.0 Å². The number of allylic oxidation sites excluding steroid dienone is 5. The van der Waals surface area contributed by atoms with Crippen molar-refractivity contribution in [3.63, 3.8) is 0 Å². The maximum Gasteiger partial charge on any atom is 0.0639 e. The normalized spacial score (nSPS) is 12.4. The van der Waals surface area contributed by atoms with Crippen LogP contribution < -0.4 is 10.6 Å². The first-order valence-electron chi connectivity index (χ1n) is 14.9. The molecule has 0 saturated heterocycles. The van der Waals surface area contributed by atoms with Crippen LogP contribution in [0.5, 0.6) is 0 Å². The summed E-state index contributed by atoms with van der Waals surface area (Å²) in [6.07, 6.45) is 14.8. The molecule has 1 aliphatic rings. The molecule has 1 aliphatic carbocycles. The minimum Gasteiger partial charge on any atom is -0.356 e. The molecule has 0 aromatic heterocycles. The number of hydrogen-bond donors (Lipinski definition) is 2. The first kappa shape index (κ1) is 28.4. The molecule has 214 valence electrons. The minimum absolute atomic E-state index is 0.952. The van der Waals surface area contributed by atoms with Gasteiger partial charge < -0.3 is 10.6 Å². The molecule has 0 bridgehead atoms. The van der Waals surface area contributed by atoms with Crippen molar-refractivity contribution in [2.45, 2.75) is 13.8 Å². The van der Waals surface area contributed by atoms with Gasteiger partial charge in [0, 0.05) is 22.7 Å². The van der Waals surface area contributed by atoms with Crippen molar-refractivity contribution in [1.82, 2.24) is 0 Å². The van der Waals surface area contributed by atoms with Crippen LogP contribution in [0.1, 0.15) is 27.8 Å². The number of rotatable bonds is 8. The molecule has 0 aliphatic heterocycles. The van der Waals surface area contributed by atoms with Crippen molar-refractivity contribution >= 4 is 52.4 Å². The van der Waals surface area contributed by atoms with E-state index in [0.29, 0.717) is 0 Å². The van der Waals surface area contributed by atoms with Gasteiger partial charge >= 0.3 is 0 Å². The van der Waals surface area contributed by atoms with Gasteiger partial charge in [0.2, 0.25) is 0 Å². The van der Waals surface area contributed by atoms with E-state index in [2.05, 4.69) is 176 Å². The average Bonchev–Trinajstić information content (AvgIpc) is 3.03. The number of hydrogen-bond acceptors (Lipinski definition) is 3. The molecule has 6 rings (SSSR count). The maximum atomic E-state index is 4.72. The van der Waals surface area contributed by atoms with Crippen LogP contribution in [0.4, 0.5) is 28.4 Å². The van der Waals surface area contributed by atoms with Crippen molar-refractivity contribution in [2.75, 3.05) is 10.6 Å². The van der Waals surface area contributed by atoms with E-state index in [1.807, 2.05) is 12.1 Å². The number of anilines is 4. The van der Waals surface area contributed by atoms with Gasteiger partial charge in [-0.2, -0.15) is 0 Å². The molecular formula is C41H35N3. The van der Waals surface area contributed by atoms with Crippen LogP contribution in [0.3, 0.4) is 0 Å². The number of benzene rings is 5. The summed E-state index contributed by atoms with van der Waals surface area (Å²) in [6, 6.07) is 42.1. The van der Waals surface area contributed by atoms with Crippen molar-refractivity contribution in [2.24, 2.45) is 4.99 Å². The van der Waals surface area contributed by atoms with Gasteiger partial charge in [0.05, 0.1) is 11.4 Å². The molecule has 0 fully saturated rings. The number of nitrogens with one attached hydrogen (secondary N) is 2. The molecule has 0 saturated carbocycles. The van der Waals surface area contributed by atoms with Crippen LogP contribution >= 0.6 is 0 Å². The summed E-state index contributed by atoms with van der Waals surface area (Å²) < 4.78 is 0. The Morgan fingerprint density at radius 2 is 1.05 bits per heavy atom. The Balaban J connectivity index is 1.04. The molecular weight excluding hydrogens is 534 g/mol. The largest absolute Gasteiger partial charge is 0.356 e. The molecule has 0 unspecified atom stereocenters. The van der Waals surface area contributed by atoms with Crippen molar-refractivity contribution < 1.29 is 0 Å². The lowest BCUT2D eigenvalue weighted by molar-refractivity contribution is 1.43. The van der Waals surface area contributed by atoms with E-state index in [9.17, 15) is 0 Å². The first-order chi connectivity index (χ1) is 21.5. The zero-order chi connectivity index (χ0) is 30.1. The summed E-state index contributed by atoms with van der Waals surface area (Å²) in [7, 11) is 0. The monoisotopic (exact) mass is 569 g/mol. The molecule has 0 spiro atoms. The van der Waals surface area contributed by atoms with Crippen LogP contribution in [-0.4, -0.2) is 5.71 Å². The second-order valence-corrected chi connectivity index (χ2v) is 11.0. The highest BCUT2D eigenvalue weighted by Crippen LogP contribution is 2.23. The Morgan fingerprint density at radius 1 is 0.477 bits per heavy atom. The number of nitrogens with zero attached hydrogens (tertiary/aromatic N) is 1. The highest BCUT2D eigenvalue weighted by molar-refractivity contribution is 6.07. The zero-order valence-corrected chi connectivity index (χ0v) is 25.0. The second-order valence-electron chi connectivity index (χ2n) is 11.0. The fourth-order valence-corrected chi connectivity index (χ4v) is 4.99. The Hall–Kier alpha value is -5.67. The van der Waals surface area contributed by atoms with Crippen LogP contribution in [0, 0.1) is 13.8 Å². The standard InChI is InChI=1S/C41H35N3/c1-30-6-3-9-39(26-30)42-36-20-14-32(15-21-36)12-13-33-8-5-11-41(29-33)44-38-24-18-35(19-25-38)28-34-16-22-37(23-17-34)43-40-10-4-7-31(2)27-40/h3-29,42,44H,1-2H3/b13-12+,34-28?,43-37?. The topological polar surface area (TPSA) is 36.4 Å². The van der Waals surface area contributed by atoms with Gasteiger partial charge in [-0.15, -0.1) is 0 Å². The first-order valence-corrected chi connectivity index (χ1v) is 14.9. The summed E-state index contributed by atoms with van der Waals surface area (Å²) in [5, 5.41) is 7.00. The lowest BCUT2D eigenvalue weighted by Crippen LogP contribution is -1.93. The van der Waals surface area contributed by atoms with E-state index in [0.717, 1.165) is 56.4 Å². The van der Waals surface area contributed by atoms with Gasteiger partial charge in [-0.05, 0) is 126 Å². The molecule has 5 aromatic carbocycles. The van der Waals surface area contributed by atoms with Gasteiger partial charge in [0.1, 0.15) is 0 Å². The Labute approximate surface area is 260 Å². The highest BCUT2D eigenvalue weighted by atomic mass is 14.9. The lowest BCUT2D eigenvalue weighted by atomic mass is 10.0. The van der Waals surface area contributed by atoms with E-state index >= 15 is 0 Å². The van der Waals surface area contributed by atoms with Crippen LogP contribution in [0.15, 0.2) is 156 Å². The third kappa shape index (κ3) is 7.99. The molecule has 0 heterocycles. The third-order valence-corrected chi connectivity index (χ3v) is 7.26. The number of aliphatic imine (C=N–C) groups is 1. The van der Waals surface area contributed by atoms with Crippen LogP contribution in [0.2, 0.25) is 0 Å². The second kappa shape index (κ2) is 13.5. The van der Waals surface area contributed by atoms with Crippen LogP contribution in [-0.2, 0) is 0 Å². The predicted molar refractivity (Wildman–Crippen MR) is 191 cm³/mol. The van der Waals surface area contributed by atoms with E-state index in [1.165, 1.54) is 11.1 Å². The van der Waals surface area contributed by atoms with Crippen molar-refractivity contribution in [3.05, 3.63) is 179 Å². The molecule has 3 nitrogen and oxygen atoms in total. The summed E-state index contributed by atoms with van der Waals surface area (Å²) in [5.41, 5.74) is 13.2. The Morgan fingerprint density at radius 3 is 1.70 bits per heavy atom. The van der Waals surface area contributed by atoms with Crippen molar-refractivity contribution in [3.8, 4) is 0 Å². The van der Waals surface area contributed by atoms with Gasteiger partial charge in [0.25, 0.3) is 0 Å². The molecule has 0 atom stereocenters. The highest BCUT2D eigenvalue weighted by Gasteiger charge is 2.01. The maximum absolute atomic E-state index is 4.72. The Bertz CT molecular complexity index is 1880. The SMILES string of the molecule is Cc1cccc(N=C2C=CC(=Cc3ccc(Nc4cccc(/C=C/c5ccc(Nc6cccc(C)c6)cc5)c4)cc3)C=C2)c1. The smallest absolute Gasteiger partial charge is 0.0639 e. The fourth-order valence-electron chi connectivity index (χ4n) is 4.99. The molecule has 0 radical (unpaired) electrons. The summed E-state index contributed by atoms with van der Waals surface area (Å²) >= 11 is 0. The van der Waals surface area contributed by atoms with E-state index in [1.54, 1.807) is 0 Å². The van der Waals surface area contributed by atoms with E-state index < -0.39 is 0 Å². The summed E-state index contributed by atoms with van der Waals surface area (Å²) in [5.74, 6) is 0. The Kier molecular flexibility index (Phi) is 8.75. The van der Waals surface area contributed by atoms with Gasteiger partial charge in [0.15, 0.2) is 0 Å². The van der Waals surface area contributed by atoms with E-state index in [-0.39, 0.29) is 0 Å². The average molecular weight is 570 g/mol. The molecule has 3 heteroatoms.